The Hall–Kier alpha value is -2.17. The van der Waals surface area contributed by atoms with E-state index in [2.05, 4.69) is 0 Å². The van der Waals surface area contributed by atoms with Crippen LogP contribution in [0.25, 0.3) is 0 Å². The van der Waals surface area contributed by atoms with E-state index < -0.39 is 17.5 Å². The third-order valence-electron chi connectivity index (χ3n) is 5.00. The van der Waals surface area contributed by atoms with Crippen molar-refractivity contribution >= 4 is 5.97 Å². The van der Waals surface area contributed by atoms with Crippen LogP contribution in [0.5, 0.6) is 0 Å². The van der Waals surface area contributed by atoms with Crippen molar-refractivity contribution in [1.29, 1.82) is 0 Å². The molecule has 0 radical (unpaired) electrons. The van der Waals surface area contributed by atoms with Crippen LogP contribution in [0.1, 0.15) is 36.0 Å². The summed E-state index contributed by atoms with van der Waals surface area (Å²) in [6.45, 7) is 0.542. The number of aryl methyl sites for hydroxylation is 1. The fraction of sp³-hybridized carbons (Fsp3) is 0.381. The van der Waals surface area contributed by atoms with Crippen molar-refractivity contribution in [3.63, 3.8) is 0 Å². The van der Waals surface area contributed by atoms with Crippen LogP contribution in [-0.4, -0.2) is 28.9 Å². The molecule has 0 amide bonds. The molecule has 1 aliphatic rings. The van der Waals surface area contributed by atoms with Gasteiger partial charge in [0.2, 0.25) is 0 Å². The number of aliphatic hydroxyl groups is 1. The maximum atomic E-state index is 12.1. The molecule has 132 valence electrons. The zero-order valence-corrected chi connectivity index (χ0v) is 14.2. The summed E-state index contributed by atoms with van der Waals surface area (Å²) in [5.74, 6) is -0.859. The molecular weight excluding hydrogens is 316 g/mol. The van der Waals surface area contributed by atoms with E-state index in [9.17, 15) is 15.0 Å². The Morgan fingerprint density at radius 1 is 1.12 bits per heavy atom. The predicted molar refractivity (Wildman–Crippen MR) is 95.4 cm³/mol. The average molecular weight is 340 g/mol. The van der Waals surface area contributed by atoms with Crippen LogP contribution in [0.15, 0.2) is 54.6 Å². The summed E-state index contributed by atoms with van der Waals surface area (Å²) in [4.78, 5) is 12.1. The van der Waals surface area contributed by atoms with E-state index in [1.165, 1.54) is 0 Å². The lowest BCUT2D eigenvalue weighted by molar-refractivity contribution is -0.146. The van der Waals surface area contributed by atoms with Crippen LogP contribution in [0.4, 0.5) is 0 Å². The van der Waals surface area contributed by atoms with Gasteiger partial charge >= 0.3 is 5.97 Å². The number of hydrogen-bond donors (Lipinski definition) is 2. The molecule has 2 atom stereocenters. The number of aliphatic hydroxyl groups excluding tert-OH is 1. The number of ether oxygens (including phenoxy) is 1. The van der Waals surface area contributed by atoms with Crippen molar-refractivity contribution in [2.24, 2.45) is 0 Å². The van der Waals surface area contributed by atoms with Crippen molar-refractivity contribution in [3.8, 4) is 0 Å². The maximum Gasteiger partial charge on any atom is 0.314 e. The van der Waals surface area contributed by atoms with Gasteiger partial charge in [0.1, 0.15) is 0 Å². The van der Waals surface area contributed by atoms with E-state index in [0.29, 0.717) is 13.0 Å². The highest BCUT2D eigenvalue weighted by molar-refractivity contribution is 5.82. The van der Waals surface area contributed by atoms with Gasteiger partial charge < -0.3 is 14.9 Å². The van der Waals surface area contributed by atoms with Gasteiger partial charge in [0.15, 0.2) is 0 Å². The largest absolute Gasteiger partial charge is 0.481 e. The number of aliphatic carboxylic acids is 1. The molecule has 0 spiro atoms. The van der Waals surface area contributed by atoms with Gasteiger partial charge in [0.25, 0.3) is 0 Å². The summed E-state index contributed by atoms with van der Waals surface area (Å²) >= 11 is 0. The number of carboxylic acids is 1. The number of fused-ring (bicyclic) bond motifs is 1. The Morgan fingerprint density at radius 2 is 1.84 bits per heavy atom. The molecule has 3 rings (SSSR count). The summed E-state index contributed by atoms with van der Waals surface area (Å²) < 4.78 is 5.59. The van der Waals surface area contributed by atoms with Gasteiger partial charge in [-0.2, -0.15) is 0 Å². The Morgan fingerprint density at radius 3 is 2.60 bits per heavy atom. The van der Waals surface area contributed by atoms with Crippen molar-refractivity contribution in [2.75, 3.05) is 6.61 Å². The molecule has 0 heterocycles. The van der Waals surface area contributed by atoms with Crippen molar-refractivity contribution < 1.29 is 19.7 Å². The Balaban J connectivity index is 1.67. The zero-order valence-electron chi connectivity index (χ0n) is 14.2. The fourth-order valence-electron chi connectivity index (χ4n) is 3.79. The lowest BCUT2D eigenvalue weighted by Gasteiger charge is -2.37. The summed E-state index contributed by atoms with van der Waals surface area (Å²) in [6, 6.07) is 17.4. The van der Waals surface area contributed by atoms with Crippen LogP contribution in [0.2, 0.25) is 0 Å². The first-order chi connectivity index (χ1) is 12.1. The second-order valence-corrected chi connectivity index (χ2v) is 6.76. The highest BCUT2D eigenvalue weighted by Gasteiger charge is 2.44. The molecule has 2 N–H and O–H groups in total. The fourth-order valence-corrected chi connectivity index (χ4v) is 3.79. The molecule has 0 aromatic heterocycles. The number of rotatable bonds is 7. The molecule has 0 aliphatic heterocycles. The van der Waals surface area contributed by atoms with Gasteiger partial charge in [0.05, 0.1) is 24.7 Å². The molecule has 25 heavy (non-hydrogen) atoms. The molecule has 0 saturated carbocycles. The van der Waals surface area contributed by atoms with Crippen LogP contribution >= 0.6 is 0 Å². The lowest BCUT2D eigenvalue weighted by Crippen LogP contribution is -2.43. The van der Waals surface area contributed by atoms with Gasteiger partial charge in [-0.15, -0.1) is 0 Å². The molecule has 0 fully saturated rings. The smallest absolute Gasteiger partial charge is 0.314 e. The molecule has 4 nitrogen and oxygen atoms in total. The van der Waals surface area contributed by atoms with E-state index in [1.807, 2.05) is 54.6 Å². The van der Waals surface area contributed by atoms with E-state index in [0.717, 1.165) is 29.5 Å². The molecule has 0 bridgehead atoms. The first kappa shape index (κ1) is 17.6. The molecule has 4 heteroatoms. The third kappa shape index (κ3) is 3.91. The number of hydrogen-bond acceptors (Lipinski definition) is 3. The molecule has 0 saturated heterocycles. The minimum Gasteiger partial charge on any atom is -0.481 e. The highest BCUT2D eigenvalue weighted by atomic mass is 16.5. The molecular formula is C21H24O4. The second-order valence-electron chi connectivity index (χ2n) is 6.76. The summed E-state index contributed by atoms with van der Waals surface area (Å²) in [5, 5.41) is 20.4. The number of benzene rings is 2. The van der Waals surface area contributed by atoms with Crippen molar-refractivity contribution in [1.82, 2.24) is 0 Å². The van der Waals surface area contributed by atoms with Gasteiger partial charge in [-0.25, -0.2) is 0 Å². The average Bonchev–Trinajstić information content (AvgIpc) is 2.63. The summed E-state index contributed by atoms with van der Waals surface area (Å²) in [6.07, 6.45) is 1.63. The molecule has 2 aromatic rings. The quantitative estimate of drug-likeness (QED) is 0.811. The first-order valence-corrected chi connectivity index (χ1v) is 8.73. The maximum absolute atomic E-state index is 12.1. The highest BCUT2D eigenvalue weighted by Crippen LogP contribution is 2.41. The minimum atomic E-state index is -1.02. The standard InChI is InChI=1S/C21H24O4/c22-18(15-25-14-16-7-2-1-3-8-16)13-21(20(23)24)12-6-10-17-9-4-5-11-19(17)21/h1-5,7-9,11,18,22H,6,10,12-15H2,(H,23,24). The van der Waals surface area contributed by atoms with E-state index in [4.69, 9.17) is 4.74 Å². The van der Waals surface area contributed by atoms with Gasteiger partial charge in [-0.1, -0.05) is 54.6 Å². The number of carboxylic acid groups (broad SMARTS) is 1. The minimum absolute atomic E-state index is 0.131. The van der Waals surface area contributed by atoms with E-state index in [-0.39, 0.29) is 13.0 Å². The SMILES string of the molecule is O=C(O)C1(CC(O)COCc2ccccc2)CCCc2ccccc21. The Labute approximate surface area is 148 Å². The number of carbonyl (C=O) groups is 1. The van der Waals surface area contributed by atoms with Gasteiger partial charge in [-0.05, 0) is 42.4 Å². The van der Waals surface area contributed by atoms with E-state index in [1.54, 1.807) is 0 Å². The molecule has 2 aromatic carbocycles. The van der Waals surface area contributed by atoms with Crippen molar-refractivity contribution in [3.05, 3.63) is 71.3 Å². The van der Waals surface area contributed by atoms with Crippen LogP contribution < -0.4 is 0 Å². The monoisotopic (exact) mass is 340 g/mol. The third-order valence-corrected chi connectivity index (χ3v) is 5.00. The molecule has 2 unspecified atom stereocenters. The molecule has 1 aliphatic carbocycles. The zero-order chi connectivity index (χ0) is 17.7. The summed E-state index contributed by atoms with van der Waals surface area (Å²) in [7, 11) is 0. The van der Waals surface area contributed by atoms with Crippen molar-refractivity contribution in [2.45, 2.75) is 43.8 Å². The Bertz CT molecular complexity index is 713. The lowest BCUT2D eigenvalue weighted by atomic mass is 9.67. The normalized spacial score (nSPS) is 20.7. The van der Waals surface area contributed by atoms with E-state index >= 15 is 0 Å². The Kier molecular flexibility index (Phi) is 5.51. The van der Waals surface area contributed by atoms with Crippen LogP contribution in [0, 0.1) is 0 Å². The topological polar surface area (TPSA) is 66.8 Å². The second kappa shape index (κ2) is 7.81. The van der Waals surface area contributed by atoms with Crippen LogP contribution in [-0.2, 0) is 28.0 Å². The van der Waals surface area contributed by atoms with Gasteiger partial charge in [-0.3, -0.25) is 4.79 Å². The summed E-state index contributed by atoms with van der Waals surface area (Å²) in [5.41, 5.74) is 1.93. The van der Waals surface area contributed by atoms with Crippen LogP contribution in [0.3, 0.4) is 0 Å². The van der Waals surface area contributed by atoms with Gasteiger partial charge in [0, 0.05) is 0 Å². The first-order valence-electron chi connectivity index (χ1n) is 8.73. The predicted octanol–water partition coefficient (Wildman–Crippen LogP) is 3.31.